The molecule has 19 heavy (non-hydrogen) atoms. The summed E-state index contributed by atoms with van der Waals surface area (Å²) in [6, 6.07) is 6.75. The number of hydrogen-bond donors (Lipinski definition) is 1. The van der Waals surface area contributed by atoms with Gasteiger partial charge in [-0.15, -0.1) is 0 Å². The van der Waals surface area contributed by atoms with Crippen molar-refractivity contribution in [1.82, 2.24) is 5.43 Å². The SMILES string of the molecule is CC1SC(=O)NN=C1N1C(=O)C(=O)c2ccccc21. The number of anilines is 1. The third kappa shape index (κ3) is 1.74. The van der Waals surface area contributed by atoms with E-state index in [0.29, 0.717) is 17.1 Å². The van der Waals surface area contributed by atoms with Gasteiger partial charge in [0.1, 0.15) is 5.84 Å². The molecule has 0 spiro atoms. The largest absolute Gasteiger partial charge is 0.305 e. The first-order valence-corrected chi connectivity index (χ1v) is 6.49. The minimum absolute atomic E-state index is 0.275. The van der Waals surface area contributed by atoms with Gasteiger partial charge in [0.25, 0.3) is 11.0 Å². The highest BCUT2D eigenvalue weighted by Gasteiger charge is 2.41. The molecule has 2 heterocycles. The normalized spacial score (nSPS) is 22.2. The average Bonchev–Trinajstić information content (AvgIpc) is 2.64. The van der Waals surface area contributed by atoms with E-state index in [4.69, 9.17) is 0 Å². The van der Waals surface area contributed by atoms with Gasteiger partial charge in [0.05, 0.1) is 16.5 Å². The number of carbonyl (C=O) groups is 3. The van der Waals surface area contributed by atoms with Gasteiger partial charge in [-0.25, -0.2) is 5.43 Å². The van der Waals surface area contributed by atoms with Gasteiger partial charge in [0.15, 0.2) is 0 Å². The molecule has 0 aromatic heterocycles. The Hall–Kier alpha value is -2.15. The second-order valence-corrected chi connectivity index (χ2v) is 5.43. The number of fused-ring (bicyclic) bond motifs is 1. The lowest BCUT2D eigenvalue weighted by Gasteiger charge is -2.25. The van der Waals surface area contributed by atoms with E-state index < -0.39 is 11.7 Å². The van der Waals surface area contributed by atoms with Crippen LogP contribution in [0, 0.1) is 0 Å². The lowest BCUT2D eigenvalue weighted by molar-refractivity contribution is -0.113. The number of amidine groups is 1. The molecule has 96 valence electrons. The Kier molecular flexibility index (Phi) is 2.63. The second-order valence-electron chi connectivity index (χ2n) is 4.12. The van der Waals surface area contributed by atoms with Gasteiger partial charge in [0.2, 0.25) is 0 Å². The van der Waals surface area contributed by atoms with Gasteiger partial charge >= 0.3 is 5.91 Å². The molecule has 1 N–H and O–H groups in total. The van der Waals surface area contributed by atoms with Crippen LogP contribution in [0.3, 0.4) is 0 Å². The average molecular weight is 275 g/mol. The highest BCUT2D eigenvalue weighted by molar-refractivity contribution is 8.14. The van der Waals surface area contributed by atoms with E-state index in [-0.39, 0.29) is 10.5 Å². The molecule has 0 bridgehead atoms. The van der Waals surface area contributed by atoms with E-state index in [1.807, 2.05) is 0 Å². The molecule has 1 unspecified atom stereocenters. The summed E-state index contributed by atoms with van der Waals surface area (Å²) in [5.74, 6) is -0.816. The second kappa shape index (κ2) is 4.20. The molecule has 6 nitrogen and oxygen atoms in total. The van der Waals surface area contributed by atoms with Crippen molar-refractivity contribution in [2.75, 3.05) is 4.90 Å². The minimum atomic E-state index is -0.636. The number of benzene rings is 1. The van der Waals surface area contributed by atoms with Crippen LogP contribution in [0.4, 0.5) is 10.5 Å². The number of rotatable bonds is 0. The van der Waals surface area contributed by atoms with Gasteiger partial charge in [-0.3, -0.25) is 19.3 Å². The van der Waals surface area contributed by atoms with Gasteiger partial charge in [-0.2, -0.15) is 5.10 Å². The molecule has 0 saturated carbocycles. The maximum Gasteiger partial charge on any atom is 0.305 e. The molecule has 7 heteroatoms. The molecule has 2 aliphatic heterocycles. The zero-order valence-electron chi connectivity index (χ0n) is 9.91. The quantitative estimate of drug-likeness (QED) is 0.725. The summed E-state index contributed by atoms with van der Waals surface area (Å²) in [6.07, 6.45) is 0. The van der Waals surface area contributed by atoms with E-state index in [1.54, 1.807) is 31.2 Å². The van der Waals surface area contributed by atoms with Crippen LogP contribution in [0.15, 0.2) is 29.4 Å². The van der Waals surface area contributed by atoms with Gasteiger partial charge in [0, 0.05) is 0 Å². The summed E-state index contributed by atoms with van der Waals surface area (Å²) < 4.78 is 0. The summed E-state index contributed by atoms with van der Waals surface area (Å²) in [4.78, 5) is 36.4. The fraction of sp³-hybridized carbons (Fsp3) is 0.167. The van der Waals surface area contributed by atoms with E-state index in [0.717, 1.165) is 11.8 Å². The van der Waals surface area contributed by atoms with Crippen molar-refractivity contribution in [2.24, 2.45) is 5.10 Å². The van der Waals surface area contributed by atoms with Crippen LogP contribution in [0.1, 0.15) is 17.3 Å². The Morgan fingerprint density at radius 3 is 2.74 bits per heavy atom. The molecule has 1 aromatic rings. The van der Waals surface area contributed by atoms with Crippen molar-refractivity contribution in [3.63, 3.8) is 0 Å². The Morgan fingerprint density at radius 2 is 2.00 bits per heavy atom. The molecular formula is C12H9N3O3S. The number of carbonyl (C=O) groups excluding carboxylic acids is 3. The number of hydrogen-bond acceptors (Lipinski definition) is 5. The first-order valence-electron chi connectivity index (χ1n) is 5.61. The maximum atomic E-state index is 12.1. The van der Waals surface area contributed by atoms with Gasteiger partial charge < -0.3 is 0 Å². The molecule has 2 amide bonds. The Bertz CT molecular complexity index is 641. The van der Waals surface area contributed by atoms with Crippen molar-refractivity contribution < 1.29 is 14.4 Å². The van der Waals surface area contributed by atoms with Crippen LogP contribution in [0.5, 0.6) is 0 Å². The van der Waals surface area contributed by atoms with Crippen LogP contribution in [-0.4, -0.2) is 28.0 Å². The lowest BCUT2D eigenvalue weighted by atomic mass is 10.1. The van der Waals surface area contributed by atoms with E-state index in [1.165, 1.54) is 4.90 Å². The molecule has 1 atom stereocenters. The molecular weight excluding hydrogens is 266 g/mol. The highest BCUT2D eigenvalue weighted by atomic mass is 32.2. The number of thioether (sulfide) groups is 1. The van der Waals surface area contributed by atoms with Crippen LogP contribution in [0.2, 0.25) is 0 Å². The Labute approximate surface area is 112 Å². The van der Waals surface area contributed by atoms with Crippen LogP contribution in [0.25, 0.3) is 0 Å². The maximum absolute atomic E-state index is 12.1. The van der Waals surface area contributed by atoms with E-state index in [2.05, 4.69) is 10.5 Å². The van der Waals surface area contributed by atoms with Crippen LogP contribution in [-0.2, 0) is 4.79 Å². The van der Waals surface area contributed by atoms with Crippen LogP contribution < -0.4 is 10.3 Å². The first kappa shape index (κ1) is 11.9. The van der Waals surface area contributed by atoms with Crippen molar-refractivity contribution in [2.45, 2.75) is 12.2 Å². The molecule has 0 fully saturated rings. The zero-order valence-corrected chi connectivity index (χ0v) is 10.7. The summed E-state index contributed by atoms with van der Waals surface area (Å²) in [5, 5.41) is 3.34. The van der Waals surface area contributed by atoms with E-state index in [9.17, 15) is 14.4 Å². The monoisotopic (exact) mass is 275 g/mol. The standard InChI is InChI=1S/C12H9N3O3S/c1-6-10(13-14-12(18)19-6)15-8-5-3-2-4-7(8)9(16)11(15)17/h2-6H,1H3,(H,14,18). The molecule has 0 aliphatic carbocycles. The van der Waals surface area contributed by atoms with Crippen molar-refractivity contribution in [3.05, 3.63) is 29.8 Å². The number of ketones is 1. The predicted molar refractivity (Wildman–Crippen MR) is 71.3 cm³/mol. The summed E-state index contributed by atoms with van der Waals surface area (Å²) in [7, 11) is 0. The number of nitrogens with zero attached hydrogens (tertiary/aromatic N) is 2. The van der Waals surface area contributed by atoms with Crippen LogP contribution >= 0.6 is 11.8 Å². The van der Waals surface area contributed by atoms with Crippen molar-refractivity contribution >= 4 is 40.2 Å². The number of nitrogens with one attached hydrogen (secondary N) is 1. The topological polar surface area (TPSA) is 78.8 Å². The Morgan fingerprint density at radius 1 is 1.26 bits per heavy atom. The number of hydrazone groups is 1. The third-order valence-corrected chi connectivity index (χ3v) is 3.79. The number of Topliss-reactive ketones (excluding diaryl/α,β-unsaturated/α-hetero) is 1. The lowest BCUT2D eigenvalue weighted by Crippen LogP contribution is -2.45. The fourth-order valence-corrected chi connectivity index (χ4v) is 2.76. The Balaban J connectivity index is 2.09. The summed E-state index contributed by atoms with van der Waals surface area (Å²) >= 11 is 1.03. The van der Waals surface area contributed by atoms with Crippen molar-refractivity contribution in [3.8, 4) is 0 Å². The molecule has 3 rings (SSSR count). The first-order chi connectivity index (χ1) is 9.09. The molecule has 1 aromatic carbocycles. The third-order valence-electron chi connectivity index (χ3n) is 2.93. The van der Waals surface area contributed by atoms with E-state index >= 15 is 0 Å². The van der Waals surface area contributed by atoms with Crippen molar-refractivity contribution in [1.29, 1.82) is 0 Å². The fourth-order valence-electron chi connectivity index (χ4n) is 2.08. The van der Waals surface area contributed by atoms with Gasteiger partial charge in [-0.1, -0.05) is 23.9 Å². The smallest absolute Gasteiger partial charge is 0.283 e. The molecule has 0 radical (unpaired) electrons. The minimum Gasteiger partial charge on any atom is -0.283 e. The zero-order chi connectivity index (χ0) is 13.6. The summed E-state index contributed by atoms with van der Waals surface area (Å²) in [5.41, 5.74) is 3.19. The predicted octanol–water partition coefficient (Wildman–Crippen LogP) is 1.37. The molecule has 0 saturated heterocycles. The number of para-hydroxylation sites is 1. The van der Waals surface area contributed by atoms with Gasteiger partial charge in [-0.05, 0) is 19.1 Å². The summed E-state index contributed by atoms with van der Waals surface area (Å²) in [6.45, 7) is 1.76. The number of amides is 2. The molecule has 2 aliphatic rings. The highest BCUT2D eigenvalue weighted by Crippen LogP contribution is 2.32.